The van der Waals surface area contributed by atoms with Crippen LogP contribution in [0.4, 0.5) is 0 Å². The summed E-state index contributed by atoms with van der Waals surface area (Å²) in [6.45, 7) is 2.13. The summed E-state index contributed by atoms with van der Waals surface area (Å²) in [5.74, 6) is 0. The average molecular weight is 273 g/mol. The summed E-state index contributed by atoms with van der Waals surface area (Å²) in [5.41, 5.74) is 4.06. The zero-order valence-electron chi connectivity index (χ0n) is 11.5. The standard InChI is InChI=1S/C18H21Cl/c1-15-7-5-11-17(13-15)14-18(19)12-6-10-16-8-3-2-4-9-16/h2-5,7-9,11,13,18H,6,10,12,14H2,1H3. The maximum Gasteiger partial charge on any atom is 0.0376 e. The Bertz CT molecular complexity index is 490. The third kappa shape index (κ3) is 5.08. The normalized spacial score (nSPS) is 12.3. The van der Waals surface area contributed by atoms with Crippen molar-refractivity contribution in [2.24, 2.45) is 0 Å². The van der Waals surface area contributed by atoms with Crippen molar-refractivity contribution in [1.82, 2.24) is 0 Å². The summed E-state index contributed by atoms with van der Waals surface area (Å²) >= 11 is 6.43. The molecule has 0 fully saturated rings. The SMILES string of the molecule is Cc1cccc(CC(Cl)CCCc2ccccc2)c1. The zero-order chi connectivity index (χ0) is 13.5. The second-order valence-electron chi connectivity index (χ2n) is 5.17. The van der Waals surface area contributed by atoms with Crippen LogP contribution in [0.1, 0.15) is 29.5 Å². The first kappa shape index (κ1) is 14.1. The number of rotatable bonds is 6. The molecule has 0 nitrogen and oxygen atoms in total. The highest BCUT2D eigenvalue weighted by Gasteiger charge is 2.06. The Hall–Kier alpha value is -1.27. The molecule has 0 aliphatic rings. The van der Waals surface area contributed by atoms with E-state index in [0.29, 0.717) is 0 Å². The second kappa shape index (κ2) is 7.35. The van der Waals surface area contributed by atoms with E-state index in [-0.39, 0.29) is 5.38 Å². The van der Waals surface area contributed by atoms with Crippen LogP contribution in [0.15, 0.2) is 54.6 Å². The van der Waals surface area contributed by atoms with Gasteiger partial charge in [-0.05, 0) is 43.7 Å². The van der Waals surface area contributed by atoms with Gasteiger partial charge in [0.2, 0.25) is 0 Å². The van der Waals surface area contributed by atoms with Gasteiger partial charge in [-0.3, -0.25) is 0 Å². The lowest BCUT2D eigenvalue weighted by atomic mass is 10.0. The molecule has 0 saturated heterocycles. The molecule has 1 unspecified atom stereocenters. The van der Waals surface area contributed by atoms with E-state index >= 15 is 0 Å². The van der Waals surface area contributed by atoms with Crippen LogP contribution in [0.2, 0.25) is 0 Å². The average Bonchev–Trinajstić information content (AvgIpc) is 2.40. The third-order valence-corrected chi connectivity index (χ3v) is 3.74. The molecule has 0 radical (unpaired) electrons. The predicted molar refractivity (Wildman–Crippen MR) is 83.9 cm³/mol. The van der Waals surface area contributed by atoms with E-state index in [9.17, 15) is 0 Å². The Labute approximate surface area is 121 Å². The quantitative estimate of drug-likeness (QED) is 0.637. The lowest BCUT2D eigenvalue weighted by Gasteiger charge is -2.10. The van der Waals surface area contributed by atoms with Crippen LogP contribution >= 0.6 is 11.6 Å². The van der Waals surface area contributed by atoms with Gasteiger partial charge >= 0.3 is 0 Å². The highest BCUT2D eigenvalue weighted by molar-refractivity contribution is 6.20. The van der Waals surface area contributed by atoms with Crippen molar-refractivity contribution in [3.05, 3.63) is 71.3 Å². The van der Waals surface area contributed by atoms with E-state index < -0.39 is 0 Å². The Balaban J connectivity index is 1.74. The topological polar surface area (TPSA) is 0 Å². The molecule has 0 bridgehead atoms. The molecule has 19 heavy (non-hydrogen) atoms. The van der Waals surface area contributed by atoms with Gasteiger partial charge in [0.15, 0.2) is 0 Å². The van der Waals surface area contributed by atoms with Crippen LogP contribution in [0.25, 0.3) is 0 Å². The molecular weight excluding hydrogens is 252 g/mol. The lowest BCUT2D eigenvalue weighted by Crippen LogP contribution is -2.04. The Morgan fingerprint density at radius 2 is 1.68 bits per heavy atom. The Morgan fingerprint density at radius 3 is 2.42 bits per heavy atom. The molecule has 0 aliphatic heterocycles. The lowest BCUT2D eigenvalue weighted by molar-refractivity contribution is 0.686. The zero-order valence-corrected chi connectivity index (χ0v) is 12.2. The maximum atomic E-state index is 6.43. The highest BCUT2D eigenvalue weighted by atomic mass is 35.5. The summed E-state index contributed by atoms with van der Waals surface area (Å²) < 4.78 is 0. The molecule has 100 valence electrons. The van der Waals surface area contributed by atoms with Gasteiger partial charge in [-0.25, -0.2) is 0 Å². The van der Waals surface area contributed by atoms with Crippen molar-refractivity contribution < 1.29 is 0 Å². The van der Waals surface area contributed by atoms with Crippen molar-refractivity contribution in [3.8, 4) is 0 Å². The Kier molecular flexibility index (Phi) is 5.47. The van der Waals surface area contributed by atoms with Crippen molar-refractivity contribution in [2.45, 2.75) is 38.0 Å². The van der Waals surface area contributed by atoms with Gasteiger partial charge in [0.25, 0.3) is 0 Å². The number of hydrogen-bond donors (Lipinski definition) is 0. The van der Waals surface area contributed by atoms with E-state index in [2.05, 4.69) is 61.5 Å². The van der Waals surface area contributed by atoms with E-state index in [0.717, 1.165) is 25.7 Å². The minimum absolute atomic E-state index is 0.241. The van der Waals surface area contributed by atoms with Crippen LogP contribution < -0.4 is 0 Å². The molecule has 0 heterocycles. The molecule has 1 atom stereocenters. The van der Waals surface area contributed by atoms with E-state index in [4.69, 9.17) is 11.6 Å². The molecule has 0 amide bonds. The molecule has 1 heteroatoms. The molecule has 2 rings (SSSR count). The number of halogens is 1. The predicted octanol–water partition coefficient (Wildman–Crippen LogP) is 5.17. The second-order valence-corrected chi connectivity index (χ2v) is 5.79. The number of aryl methyl sites for hydroxylation is 2. The van der Waals surface area contributed by atoms with E-state index in [1.165, 1.54) is 16.7 Å². The van der Waals surface area contributed by atoms with Gasteiger partial charge in [0.1, 0.15) is 0 Å². The number of hydrogen-bond acceptors (Lipinski definition) is 0. The monoisotopic (exact) mass is 272 g/mol. The van der Waals surface area contributed by atoms with Crippen LogP contribution in [-0.4, -0.2) is 5.38 Å². The van der Waals surface area contributed by atoms with Crippen molar-refractivity contribution in [2.75, 3.05) is 0 Å². The van der Waals surface area contributed by atoms with Crippen molar-refractivity contribution in [3.63, 3.8) is 0 Å². The highest BCUT2D eigenvalue weighted by Crippen LogP contribution is 2.16. The van der Waals surface area contributed by atoms with Gasteiger partial charge in [-0.15, -0.1) is 11.6 Å². The third-order valence-electron chi connectivity index (χ3n) is 3.37. The number of benzene rings is 2. The molecule has 0 aromatic heterocycles. The van der Waals surface area contributed by atoms with Gasteiger partial charge < -0.3 is 0 Å². The summed E-state index contributed by atoms with van der Waals surface area (Å²) in [5, 5.41) is 0.241. The van der Waals surface area contributed by atoms with Gasteiger partial charge in [-0.2, -0.15) is 0 Å². The summed E-state index contributed by atoms with van der Waals surface area (Å²) in [4.78, 5) is 0. The molecule has 0 N–H and O–H groups in total. The van der Waals surface area contributed by atoms with Crippen molar-refractivity contribution in [1.29, 1.82) is 0 Å². The fraction of sp³-hybridized carbons (Fsp3) is 0.333. The minimum atomic E-state index is 0.241. The molecule has 0 spiro atoms. The minimum Gasteiger partial charge on any atom is -0.123 e. The summed E-state index contributed by atoms with van der Waals surface area (Å²) in [6.07, 6.45) is 4.32. The summed E-state index contributed by atoms with van der Waals surface area (Å²) in [7, 11) is 0. The summed E-state index contributed by atoms with van der Waals surface area (Å²) in [6, 6.07) is 19.3. The van der Waals surface area contributed by atoms with E-state index in [1.807, 2.05) is 0 Å². The fourth-order valence-corrected chi connectivity index (χ4v) is 2.70. The number of alkyl halides is 1. The van der Waals surface area contributed by atoms with Crippen LogP contribution in [0.3, 0.4) is 0 Å². The largest absolute Gasteiger partial charge is 0.123 e. The first-order chi connectivity index (χ1) is 9.24. The van der Waals surface area contributed by atoms with Gasteiger partial charge in [0, 0.05) is 5.38 Å². The van der Waals surface area contributed by atoms with Crippen LogP contribution in [0.5, 0.6) is 0 Å². The van der Waals surface area contributed by atoms with Gasteiger partial charge in [0.05, 0.1) is 0 Å². The van der Waals surface area contributed by atoms with Gasteiger partial charge in [-0.1, -0.05) is 60.2 Å². The van der Waals surface area contributed by atoms with Crippen LogP contribution in [-0.2, 0) is 12.8 Å². The molecule has 2 aromatic carbocycles. The molecule has 2 aromatic rings. The fourth-order valence-electron chi connectivity index (χ4n) is 2.37. The molecule has 0 saturated carbocycles. The molecule has 0 aliphatic carbocycles. The Morgan fingerprint density at radius 1 is 0.947 bits per heavy atom. The smallest absolute Gasteiger partial charge is 0.0376 e. The first-order valence-corrected chi connectivity index (χ1v) is 7.41. The van der Waals surface area contributed by atoms with E-state index in [1.54, 1.807) is 0 Å². The molecular formula is C18H21Cl. The maximum absolute atomic E-state index is 6.43. The first-order valence-electron chi connectivity index (χ1n) is 6.97. The van der Waals surface area contributed by atoms with Crippen molar-refractivity contribution >= 4 is 11.6 Å². The van der Waals surface area contributed by atoms with Crippen LogP contribution in [0, 0.1) is 6.92 Å².